The molecule has 0 unspecified atom stereocenters. The van der Waals surface area contributed by atoms with E-state index in [4.69, 9.17) is 21.1 Å². The molecule has 0 saturated carbocycles. The van der Waals surface area contributed by atoms with Crippen molar-refractivity contribution in [3.05, 3.63) is 92.5 Å². The molecule has 3 amide bonds. The predicted molar refractivity (Wildman–Crippen MR) is 122 cm³/mol. The Morgan fingerprint density at radius 2 is 1.54 bits per heavy atom. The smallest absolute Gasteiger partial charge is 0.270 e. The van der Waals surface area contributed by atoms with Crippen molar-refractivity contribution in [3.8, 4) is 11.5 Å². The van der Waals surface area contributed by atoms with Crippen molar-refractivity contribution in [2.75, 3.05) is 11.7 Å². The van der Waals surface area contributed by atoms with E-state index >= 15 is 0 Å². The SMILES string of the molecule is O=C1c2ccc([N+](=O)[O-])cc2C(=O)N1[C@@H]1C(=O)N(c2ccc(Cl)cc2)[C@H]1c1ccc2c(c1)OCO2. The van der Waals surface area contributed by atoms with Crippen LogP contribution in [0.2, 0.25) is 5.02 Å². The van der Waals surface area contributed by atoms with Gasteiger partial charge in [-0.15, -0.1) is 0 Å². The summed E-state index contributed by atoms with van der Waals surface area (Å²) < 4.78 is 10.8. The van der Waals surface area contributed by atoms with Gasteiger partial charge in [0.25, 0.3) is 23.4 Å². The molecular formula is C24H14ClN3O7. The normalized spacial score (nSPS) is 20.2. The first-order valence-electron chi connectivity index (χ1n) is 10.5. The van der Waals surface area contributed by atoms with E-state index in [9.17, 15) is 24.5 Å². The van der Waals surface area contributed by atoms with Crippen LogP contribution in [0.15, 0.2) is 60.7 Å². The summed E-state index contributed by atoms with van der Waals surface area (Å²) in [7, 11) is 0. The third kappa shape index (κ3) is 3.07. The molecule has 3 aromatic carbocycles. The first-order valence-corrected chi connectivity index (χ1v) is 10.9. The molecule has 0 spiro atoms. The molecule has 0 aromatic heterocycles. The largest absolute Gasteiger partial charge is 0.454 e. The van der Waals surface area contributed by atoms with Crippen molar-refractivity contribution < 1.29 is 28.8 Å². The Hall–Kier alpha value is -4.44. The highest BCUT2D eigenvalue weighted by Crippen LogP contribution is 2.46. The van der Waals surface area contributed by atoms with Gasteiger partial charge in [-0.3, -0.25) is 29.4 Å². The molecule has 0 N–H and O–H groups in total. The summed E-state index contributed by atoms with van der Waals surface area (Å²) in [6, 6.07) is 13.3. The minimum Gasteiger partial charge on any atom is -0.454 e. The second-order valence-corrected chi connectivity index (χ2v) is 8.59. The summed E-state index contributed by atoms with van der Waals surface area (Å²) in [4.78, 5) is 52.8. The van der Waals surface area contributed by atoms with Crippen LogP contribution in [-0.4, -0.2) is 40.4 Å². The van der Waals surface area contributed by atoms with E-state index in [1.54, 1.807) is 42.5 Å². The van der Waals surface area contributed by atoms with Crippen LogP contribution >= 0.6 is 11.6 Å². The standard InChI is InChI=1S/C24H14ClN3O7/c25-13-2-4-14(5-3-13)26-20(12-1-8-18-19(9-12)35-11-34-18)21(24(26)31)27-22(29)16-7-6-15(28(32)33)10-17(16)23(27)30/h1-10,20-21H,11H2/t20-,21-/m0/s1. The zero-order valence-corrected chi connectivity index (χ0v) is 18.5. The Morgan fingerprint density at radius 3 is 2.29 bits per heavy atom. The van der Waals surface area contributed by atoms with Gasteiger partial charge in [-0.2, -0.15) is 0 Å². The minimum absolute atomic E-state index is 0.0165. The molecule has 35 heavy (non-hydrogen) atoms. The number of hydrogen-bond acceptors (Lipinski definition) is 7. The second kappa shape index (κ2) is 7.54. The van der Waals surface area contributed by atoms with E-state index in [-0.39, 0.29) is 23.6 Å². The molecule has 0 radical (unpaired) electrons. The van der Waals surface area contributed by atoms with Gasteiger partial charge in [0.1, 0.15) is 6.04 Å². The van der Waals surface area contributed by atoms with Crippen LogP contribution in [0.4, 0.5) is 11.4 Å². The fraction of sp³-hybridized carbons (Fsp3) is 0.125. The van der Waals surface area contributed by atoms with Gasteiger partial charge >= 0.3 is 0 Å². The number of β-lactam (4-membered cyclic amide) rings is 1. The molecule has 1 fully saturated rings. The van der Waals surface area contributed by atoms with Gasteiger partial charge in [-0.05, 0) is 48.0 Å². The van der Waals surface area contributed by atoms with E-state index in [0.29, 0.717) is 27.8 Å². The Labute approximate surface area is 202 Å². The first kappa shape index (κ1) is 21.1. The number of fused-ring (bicyclic) bond motifs is 2. The fourth-order valence-corrected chi connectivity index (χ4v) is 4.78. The molecular weight excluding hydrogens is 478 g/mol. The van der Waals surface area contributed by atoms with Crippen molar-refractivity contribution in [1.82, 2.24) is 4.90 Å². The molecule has 3 aliphatic heterocycles. The quantitative estimate of drug-likeness (QED) is 0.236. The third-order valence-electron chi connectivity index (χ3n) is 6.30. The molecule has 1 saturated heterocycles. The predicted octanol–water partition coefficient (Wildman–Crippen LogP) is 3.73. The Bertz CT molecular complexity index is 1460. The lowest BCUT2D eigenvalue weighted by Crippen LogP contribution is -2.67. The zero-order valence-electron chi connectivity index (χ0n) is 17.7. The minimum atomic E-state index is -1.16. The number of rotatable bonds is 4. The fourth-order valence-electron chi connectivity index (χ4n) is 4.66. The summed E-state index contributed by atoms with van der Waals surface area (Å²) in [6.45, 7) is 0.0594. The van der Waals surface area contributed by atoms with E-state index in [1.807, 2.05) is 0 Å². The number of nitro groups is 1. The molecule has 6 rings (SSSR count). The van der Waals surface area contributed by atoms with Crippen molar-refractivity contribution in [2.24, 2.45) is 0 Å². The maximum Gasteiger partial charge on any atom is 0.270 e. The number of carbonyl (C=O) groups is 3. The number of halogens is 1. The zero-order chi connectivity index (χ0) is 24.4. The van der Waals surface area contributed by atoms with Gasteiger partial charge in [-0.1, -0.05) is 17.7 Å². The number of anilines is 1. The molecule has 3 aliphatic rings. The maximum absolute atomic E-state index is 13.5. The van der Waals surface area contributed by atoms with Gasteiger partial charge in [0.05, 0.1) is 22.1 Å². The number of carbonyl (C=O) groups excluding carboxylic acids is 3. The van der Waals surface area contributed by atoms with Crippen LogP contribution in [0.5, 0.6) is 11.5 Å². The average Bonchev–Trinajstić information content (AvgIpc) is 3.41. The van der Waals surface area contributed by atoms with Crippen molar-refractivity contribution in [1.29, 1.82) is 0 Å². The number of hydrogen-bond donors (Lipinski definition) is 0. The summed E-state index contributed by atoms with van der Waals surface area (Å²) in [5.41, 5.74) is 0.748. The lowest BCUT2D eigenvalue weighted by Gasteiger charge is -2.49. The lowest BCUT2D eigenvalue weighted by molar-refractivity contribution is -0.384. The Balaban J connectivity index is 1.43. The summed E-state index contributed by atoms with van der Waals surface area (Å²) in [5, 5.41) is 11.7. The summed E-state index contributed by atoms with van der Waals surface area (Å²) >= 11 is 6.01. The van der Waals surface area contributed by atoms with Crippen LogP contribution in [-0.2, 0) is 4.79 Å². The topological polar surface area (TPSA) is 119 Å². The van der Waals surface area contributed by atoms with Crippen LogP contribution < -0.4 is 14.4 Å². The molecule has 3 heterocycles. The third-order valence-corrected chi connectivity index (χ3v) is 6.55. The number of imide groups is 1. The van der Waals surface area contributed by atoms with Crippen molar-refractivity contribution in [2.45, 2.75) is 12.1 Å². The number of ether oxygens (including phenoxy) is 2. The highest BCUT2D eigenvalue weighted by molar-refractivity contribution is 6.30. The summed E-state index contributed by atoms with van der Waals surface area (Å²) in [5.74, 6) is -0.885. The van der Waals surface area contributed by atoms with Crippen LogP contribution in [0.25, 0.3) is 0 Å². The summed E-state index contributed by atoms with van der Waals surface area (Å²) in [6.07, 6.45) is 0. The van der Waals surface area contributed by atoms with E-state index < -0.39 is 34.7 Å². The molecule has 11 heteroatoms. The molecule has 174 valence electrons. The number of non-ortho nitro benzene ring substituents is 1. The monoisotopic (exact) mass is 491 g/mol. The molecule has 2 atom stereocenters. The number of nitro benzene ring substituents is 1. The second-order valence-electron chi connectivity index (χ2n) is 8.15. The highest BCUT2D eigenvalue weighted by Gasteiger charge is 2.57. The van der Waals surface area contributed by atoms with Crippen LogP contribution in [0.1, 0.15) is 32.3 Å². The van der Waals surface area contributed by atoms with Gasteiger partial charge < -0.3 is 14.4 Å². The Kier molecular flexibility index (Phi) is 4.55. The highest BCUT2D eigenvalue weighted by atomic mass is 35.5. The van der Waals surface area contributed by atoms with Crippen LogP contribution in [0.3, 0.4) is 0 Å². The number of nitrogens with zero attached hydrogens (tertiary/aromatic N) is 3. The average molecular weight is 492 g/mol. The van der Waals surface area contributed by atoms with Crippen molar-refractivity contribution >= 4 is 40.7 Å². The van der Waals surface area contributed by atoms with Crippen molar-refractivity contribution in [3.63, 3.8) is 0 Å². The first-order chi connectivity index (χ1) is 16.8. The molecule has 0 aliphatic carbocycles. The van der Waals surface area contributed by atoms with E-state index in [1.165, 1.54) is 11.0 Å². The molecule has 3 aromatic rings. The van der Waals surface area contributed by atoms with Gasteiger partial charge in [-0.25, -0.2) is 0 Å². The van der Waals surface area contributed by atoms with Gasteiger partial charge in [0.2, 0.25) is 6.79 Å². The van der Waals surface area contributed by atoms with E-state index in [2.05, 4.69) is 0 Å². The number of amides is 3. The maximum atomic E-state index is 13.5. The molecule has 0 bridgehead atoms. The van der Waals surface area contributed by atoms with Gasteiger partial charge in [0, 0.05) is 22.8 Å². The Morgan fingerprint density at radius 1 is 0.829 bits per heavy atom. The van der Waals surface area contributed by atoms with E-state index in [0.717, 1.165) is 17.0 Å². The van der Waals surface area contributed by atoms with Crippen LogP contribution in [0, 0.1) is 10.1 Å². The lowest BCUT2D eigenvalue weighted by atomic mass is 9.86. The number of benzene rings is 3. The molecule has 10 nitrogen and oxygen atoms in total. The van der Waals surface area contributed by atoms with Gasteiger partial charge in [0.15, 0.2) is 11.5 Å².